The highest BCUT2D eigenvalue weighted by Gasteiger charge is 2.13. The SMILES string of the molecule is Cc1cc2c(N(C)C)nc(N(C)C)nc2cc1OCCCCCN. The number of aromatic nitrogens is 2. The van der Waals surface area contributed by atoms with Crippen molar-refractivity contribution < 1.29 is 4.74 Å². The topological polar surface area (TPSA) is 67.5 Å². The van der Waals surface area contributed by atoms with Crippen molar-refractivity contribution in [3.8, 4) is 5.75 Å². The summed E-state index contributed by atoms with van der Waals surface area (Å²) in [7, 11) is 7.89. The van der Waals surface area contributed by atoms with Gasteiger partial charge in [-0.2, -0.15) is 4.98 Å². The van der Waals surface area contributed by atoms with Crippen molar-refractivity contribution in [2.24, 2.45) is 5.73 Å². The van der Waals surface area contributed by atoms with Crippen molar-refractivity contribution in [3.63, 3.8) is 0 Å². The average molecular weight is 331 g/mol. The minimum Gasteiger partial charge on any atom is -0.493 e. The molecule has 0 aliphatic heterocycles. The van der Waals surface area contributed by atoms with E-state index in [1.165, 1.54) is 0 Å². The van der Waals surface area contributed by atoms with Crippen LogP contribution in [0.4, 0.5) is 11.8 Å². The van der Waals surface area contributed by atoms with Gasteiger partial charge in [-0.15, -0.1) is 0 Å². The molecule has 0 amide bonds. The van der Waals surface area contributed by atoms with Gasteiger partial charge in [0.2, 0.25) is 5.95 Å². The molecule has 0 spiro atoms. The highest BCUT2D eigenvalue weighted by Crippen LogP contribution is 2.31. The van der Waals surface area contributed by atoms with Gasteiger partial charge in [0.1, 0.15) is 11.6 Å². The zero-order valence-corrected chi connectivity index (χ0v) is 15.5. The van der Waals surface area contributed by atoms with Crippen LogP contribution < -0.4 is 20.3 Å². The lowest BCUT2D eigenvalue weighted by Crippen LogP contribution is -2.17. The van der Waals surface area contributed by atoms with Crippen LogP contribution in [0.15, 0.2) is 12.1 Å². The van der Waals surface area contributed by atoms with Crippen molar-refractivity contribution in [1.29, 1.82) is 0 Å². The Morgan fingerprint density at radius 1 is 1.00 bits per heavy atom. The van der Waals surface area contributed by atoms with Crippen LogP contribution in [0.1, 0.15) is 24.8 Å². The molecule has 2 rings (SSSR count). The number of ether oxygens (including phenoxy) is 1. The molecular formula is C18H29N5O. The summed E-state index contributed by atoms with van der Waals surface area (Å²) in [6.07, 6.45) is 3.16. The summed E-state index contributed by atoms with van der Waals surface area (Å²) in [5.41, 5.74) is 7.53. The Balaban J connectivity index is 2.33. The minimum atomic E-state index is 0.698. The maximum atomic E-state index is 5.96. The van der Waals surface area contributed by atoms with Crippen LogP contribution in [0, 0.1) is 6.92 Å². The molecule has 1 aromatic heterocycles. The maximum Gasteiger partial charge on any atom is 0.227 e. The Labute approximate surface area is 144 Å². The van der Waals surface area contributed by atoms with Gasteiger partial charge in [-0.25, -0.2) is 4.98 Å². The number of hydrogen-bond donors (Lipinski definition) is 1. The lowest BCUT2D eigenvalue weighted by molar-refractivity contribution is 0.304. The fourth-order valence-electron chi connectivity index (χ4n) is 2.54. The standard InChI is InChI=1S/C18H29N5O/c1-13-11-14-15(12-16(13)24-10-8-6-7-9-19)20-18(23(4)5)21-17(14)22(2)3/h11-12H,6-10,19H2,1-5H3. The van der Waals surface area contributed by atoms with Crippen molar-refractivity contribution >= 4 is 22.7 Å². The molecule has 6 heteroatoms. The van der Waals surface area contributed by atoms with E-state index in [9.17, 15) is 0 Å². The van der Waals surface area contributed by atoms with Crippen molar-refractivity contribution in [1.82, 2.24) is 9.97 Å². The van der Waals surface area contributed by atoms with E-state index in [0.717, 1.165) is 53.8 Å². The summed E-state index contributed by atoms with van der Waals surface area (Å²) < 4.78 is 5.96. The molecule has 0 saturated carbocycles. The fourth-order valence-corrected chi connectivity index (χ4v) is 2.54. The van der Waals surface area contributed by atoms with Crippen LogP contribution in [0.2, 0.25) is 0 Å². The number of nitrogens with zero attached hydrogens (tertiary/aromatic N) is 4. The predicted molar refractivity (Wildman–Crippen MR) is 101 cm³/mol. The molecule has 2 aromatic rings. The summed E-state index contributed by atoms with van der Waals surface area (Å²) >= 11 is 0. The van der Waals surface area contributed by atoms with Gasteiger partial charge in [-0.1, -0.05) is 0 Å². The number of benzene rings is 1. The first-order valence-electron chi connectivity index (χ1n) is 8.44. The van der Waals surface area contributed by atoms with E-state index in [4.69, 9.17) is 10.5 Å². The van der Waals surface area contributed by atoms with Gasteiger partial charge < -0.3 is 20.3 Å². The molecule has 0 aliphatic rings. The highest BCUT2D eigenvalue weighted by molar-refractivity contribution is 5.92. The van der Waals surface area contributed by atoms with Gasteiger partial charge in [0.05, 0.1) is 12.1 Å². The first kappa shape index (κ1) is 18.3. The van der Waals surface area contributed by atoms with E-state index in [2.05, 4.69) is 23.0 Å². The number of aryl methyl sites for hydroxylation is 1. The zero-order chi connectivity index (χ0) is 17.7. The van der Waals surface area contributed by atoms with E-state index < -0.39 is 0 Å². The van der Waals surface area contributed by atoms with Crippen LogP contribution in [0.5, 0.6) is 5.75 Å². The second-order valence-electron chi connectivity index (χ2n) is 6.47. The van der Waals surface area contributed by atoms with E-state index in [1.54, 1.807) is 0 Å². The zero-order valence-electron chi connectivity index (χ0n) is 15.5. The molecule has 6 nitrogen and oxygen atoms in total. The van der Waals surface area contributed by atoms with Gasteiger partial charge in [0.15, 0.2) is 0 Å². The number of nitrogens with two attached hydrogens (primary N) is 1. The molecule has 0 saturated heterocycles. The third-order valence-corrected chi connectivity index (χ3v) is 3.89. The first-order chi connectivity index (χ1) is 11.4. The third kappa shape index (κ3) is 4.26. The maximum absolute atomic E-state index is 5.96. The second-order valence-corrected chi connectivity index (χ2v) is 6.47. The number of hydrogen-bond acceptors (Lipinski definition) is 6. The summed E-state index contributed by atoms with van der Waals surface area (Å²) in [6.45, 7) is 3.51. The number of fused-ring (bicyclic) bond motifs is 1. The molecular weight excluding hydrogens is 302 g/mol. The Morgan fingerprint density at radius 2 is 1.75 bits per heavy atom. The minimum absolute atomic E-state index is 0.698. The smallest absolute Gasteiger partial charge is 0.227 e. The van der Waals surface area contributed by atoms with Crippen LogP contribution in [0.3, 0.4) is 0 Å². The quantitative estimate of drug-likeness (QED) is 0.750. The normalized spacial score (nSPS) is 10.9. The van der Waals surface area contributed by atoms with E-state index in [-0.39, 0.29) is 0 Å². The summed E-state index contributed by atoms with van der Waals surface area (Å²) in [6, 6.07) is 4.13. The number of unbranched alkanes of at least 4 members (excludes halogenated alkanes) is 2. The number of rotatable bonds is 8. The first-order valence-corrected chi connectivity index (χ1v) is 8.44. The van der Waals surface area contributed by atoms with Crippen molar-refractivity contribution in [2.45, 2.75) is 26.2 Å². The summed E-state index contributed by atoms with van der Waals surface area (Å²) in [5, 5.41) is 1.04. The summed E-state index contributed by atoms with van der Waals surface area (Å²) in [4.78, 5) is 13.3. The molecule has 1 heterocycles. The van der Waals surface area contributed by atoms with E-state index in [0.29, 0.717) is 12.6 Å². The van der Waals surface area contributed by atoms with Gasteiger partial charge in [0, 0.05) is 39.6 Å². The fraction of sp³-hybridized carbons (Fsp3) is 0.556. The van der Waals surface area contributed by atoms with Crippen LogP contribution in [0.25, 0.3) is 10.9 Å². The Kier molecular flexibility index (Phi) is 6.20. The Bertz CT molecular complexity index is 685. The molecule has 1 aromatic carbocycles. The molecule has 2 N–H and O–H groups in total. The Morgan fingerprint density at radius 3 is 2.38 bits per heavy atom. The van der Waals surface area contributed by atoms with Gasteiger partial charge in [0.25, 0.3) is 0 Å². The van der Waals surface area contributed by atoms with Crippen molar-refractivity contribution in [3.05, 3.63) is 17.7 Å². The van der Waals surface area contributed by atoms with Crippen LogP contribution in [-0.2, 0) is 0 Å². The second kappa shape index (κ2) is 8.15. The van der Waals surface area contributed by atoms with Crippen molar-refractivity contribution in [2.75, 3.05) is 51.1 Å². The average Bonchev–Trinajstić information content (AvgIpc) is 2.53. The number of anilines is 2. The summed E-state index contributed by atoms with van der Waals surface area (Å²) in [5.74, 6) is 2.51. The largest absolute Gasteiger partial charge is 0.493 e. The van der Waals surface area contributed by atoms with E-state index in [1.807, 2.05) is 44.1 Å². The van der Waals surface area contributed by atoms with Gasteiger partial charge in [-0.05, 0) is 44.4 Å². The molecule has 0 radical (unpaired) electrons. The molecule has 0 unspecified atom stereocenters. The molecule has 0 bridgehead atoms. The predicted octanol–water partition coefficient (Wildman–Crippen LogP) is 2.58. The molecule has 0 fully saturated rings. The van der Waals surface area contributed by atoms with Gasteiger partial charge in [-0.3, -0.25) is 0 Å². The highest BCUT2D eigenvalue weighted by atomic mass is 16.5. The van der Waals surface area contributed by atoms with Gasteiger partial charge >= 0.3 is 0 Å². The monoisotopic (exact) mass is 331 g/mol. The molecule has 0 aliphatic carbocycles. The van der Waals surface area contributed by atoms with Crippen LogP contribution in [-0.4, -0.2) is 51.3 Å². The lowest BCUT2D eigenvalue weighted by Gasteiger charge is -2.19. The molecule has 0 atom stereocenters. The third-order valence-electron chi connectivity index (χ3n) is 3.89. The lowest BCUT2D eigenvalue weighted by atomic mass is 10.1. The molecule has 132 valence electrons. The van der Waals surface area contributed by atoms with Crippen LogP contribution >= 0.6 is 0 Å². The Hall–Kier alpha value is -2.08. The molecule has 24 heavy (non-hydrogen) atoms. The van der Waals surface area contributed by atoms with E-state index >= 15 is 0 Å².